The number of fused-ring (bicyclic) bond motifs is 1. The van der Waals surface area contributed by atoms with E-state index in [0.717, 1.165) is 21.2 Å². The van der Waals surface area contributed by atoms with E-state index >= 15 is 0 Å². The second-order valence-electron chi connectivity index (χ2n) is 8.17. The van der Waals surface area contributed by atoms with E-state index in [2.05, 4.69) is 5.32 Å². The van der Waals surface area contributed by atoms with Crippen molar-refractivity contribution in [2.24, 2.45) is 0 Å². The van der Waals surface area contributed by atoms with Gasteiger partial charge in [0.1, 0.15) is 32.1 Å². The van der Waals surface area contributed by atoms with E-state index in [1.807, 2.05) is 32.0 Å². The minimum absolute atomic E-state index is 0.0841. The van der Waals surface area contributed by atoms with Crippen LogP contribution < -0.4 is 23.8 Å². The van der Waals surface area contributed by atoms with Gasteiger partial charge in [0.25, 0.3) is 10.0 Å². The number of ether oxygens (including phenoxy) is 3. The number of benzene rings is 3. The largest absolute Gasteiger partial charge is 0.492 e. The Balaban J connectivity index is 1.48. The fourth-order valence-electron chi connectivity index (χ4n) is 3.78. The van der Waals surface area contributed by atoms with Crippen molar-refractivity contribution in [2.45, 2.75) is 18.7 Å². The average molecular weight is 497 g/mol. The summed E-state index contributed by atoms with van der Waals surface area (Å²) in [6, 6.07) is 18.7. The molecule has 3 aromatic rings. The van der Waals surface area contributed by atoms with Crippen LogP contribution in [0.25, 0.3) is 0 Å². The number of amides is 1. The summed E-state index contributed by atoms with van der Waals surface area (Å²) >= 11 is 0. The highest BCUT2D eigenvalue weighted by molar-refractivity contribution is 7.92. The van der Waals surface area contributed by atoms with Crippen LogP contribution in [0.2, 0.25) is 0 Å². The number of sulfonamides is 1. The first kappa shape index (κ1) is 24.4. The van der Waals surface area contributed by atoms with Crippen LogP contribution in [0.3, 0.4) is 0 Å². The lowest BCUT2D eigenvalue weighted by Gasteiger charge is -2.26. The zero-order chi connectivity index (χ0) is 24.8. The highest BCUT2D eigenvalue weighted by Gasteiger charge is 2.28. The van der Waals surface area contributed by atoms with E-state index in [1.54, 1.807) is 36.4 Å². The summed E-state index contributed by atoms with van der Waals surface area (Å²) in [6.07, 6.45) is 0. The van der Waals surface area contributed by atoms with Gasteiger partial charge in [-0.05, 0) is 61.4 Å². The van der Waals surface area contributed by atoms with Crippen molar-refractivity contribution < 1.29 is 27.4 Å². The molecule has 0 bridgehead atoms. The molecule has 0 saturated heterocycles. The Bertz CT molecular complexity index is 1270. The van der Waals surface area contributed by atoms with Crippen molar-refractivity contribution >= 4 is 21.6 Å². The lowest BCUT2D eigenvalue weighted by Crippen LogP contribution is -2.42. The molecule has 8 nitrogen and oxygen atoms in total. The molecule has 0 saturated carbocycles. The van der Waals surface area contributed by atoms with Gasteiger partial charge in [0, 0.05) is 6.07 Å². The Morgan fingerprint density at radius 3 is 2.34 bits per heavy atom. The first-order valence-corrected chi connectivity index (χ1v) is 12.7. The molecule has 0 radical (unpaired) electrons. The van der Waals surface area contributed by atoms with Crippen LogP contribution >= 0.6 is 0 Å². The number of rotatable bonds is 9. The molecule has 0 spiro atoms. The van der Waals surface area contributed by atoms with Crippen LogP contribution in [0.5, 0.6) is 17.2 Å². The van der Waals surface area contributed by atoms with E-state index in [1.165, 1.54) is 12.1 Å². The number of hydrogen-bond acceptors (Lipinski definition) is 6. The molecule has 9 heteroatoms. The lowest BCUT2D eigenvalue weighted by molar-refractivity contribution is -0.119. The SMILES string of the molecule is Cc1cc(C)cc(OCCNC(=O)CN(c2ccc3c(c2)OCCO3)S(=O)(=O)c2ccccc2)c1. The molecule has 1 aliphatic heterocycles. The smallest absolute Gasteiger partial charge is 0.264 e. The number of nitrogens with one attached hydrogen (secondary N) is 1. The molecule has 3 aromatic carbocycles. The van der Waals surface area contributed by atoms with Crippen LogP contribution in [0.4, 0.5) is 5.69 Å². The number of nitrogens with zero attached hydrogens (tertiary/aromatic N) is 1. The maximum Gasteiger partial charge on any atom is 0.264 e. The predicted molar refractivity (Wildman–Crippen MR) is 133 cm³/mol. The third-order valence-corrected chi connectivity index (χ3v) is 7.11. The van der Waals surface area contributed by atoms with Crippen molar-refractivity contribution in [2.75, 3.05) is 37.2 Å². The standard InChI is InChI=1S/C26H28N2O6S/c1-19-14-20(2)16-22(15-19)32-11-10-27-26(29)18-28(35(30,31)23-6-4-3-5-7-23)21-8-9-24-25(17-21)34-13-12-33-24/h3-9,14-17H,10-13,18H2,1-2H3,(H,27,29). The van der Waals surface area contributed by atoms with Crippen molar-refractivity contribution in [1.82, 2.24) is 5.32 Å². The third kappa shape index (κ3) is 6.05. The summed E-state index contributed by atoms with van der Waals surface area (Å²) in [7, 11) is -4.01. The third-order valence-electron chi connectivity index (χ3n) is 5.32. The summed E-state index contributed by atoms with van der Waals surface area (Å²) in [4.78, 5) is 12.9. The fraction of sp³-hybridized carbons (Fsp3) is 0.269. The number of anilines is 1. The Morgan fingerprint density at radius 1 is 0.943 bits per heavy atom. The summed E-state index contributed by atoms with van der Waals surface area (Å²) in [5.41, 5.74) is 2.48. The van der Waals surface area contributed by atoms with E-state index in [-0.39, 0.29) is 18.0 Å². The van der Waals surface area contributed by atoms with Gasteiger partial charge >= 0.3 is 0 Å². The molecule has 1 aliphatic rings. The molecule has 4 rings (SSSR count). The highest BCUT2D eigenvalue weighted by atomic mass is 32.2. The molecule has 1 N–H and O–H groups in total. The van der Waals surface area contributed by atoms with Crippen LogP contribution in [0.15, 0.2) is 71.6 Å². The molecular formula is C26H28N2O6S. The molecule has 1 amide bonds. The monoisotopic (exact) mass is 496 g/mol. The zero-order valence-corrected chi connectivity index (χ0v) is 20.5. The Labute approximate surface area is 205 Å². The van der Waals surface area contributed by atoms with Crippen molar-refractivity contribution in [3.8, 4) is 17.2 Å². The van der Waals surface area contributed by atoms with Gasteiger partial charge in [-0.2, -0.15) is 0 Å². The van der Waals surface area contributed by atoms with Gasteiger partial charge < -0.3 is 19.5 Å². The van der Waals surface area contributed by atoms with Crippen LogP contribution in [-0.2, 0) is 14.8 Å². The average Bonchev–Trinajstić information content (AvgIpc) is 2.85. The molecule has 184 valence electrons. The maximum atomic E-state index is 13.5. The first-order chi connectivity index (χ1) is 16.8. The number of carbonyl (C=O) groups excluding carboxylic acids is 1. The van der Waals surface area contributed by atoms with Gasteiger partial charge in [0.05, 0.1) is 17.1 Å². The predicted octanol–water partition coefficient (Wildman–Crippen LogP) is 3.47. The Morgan fingerprint density at radius 2 is 1.63 bits per heavy atom. The van der Waals surface area contributed by atoms with Crippen molar-refractivity contribution in [3.05, 3.63) is 77.9 Å². The Hall–Kier alpha value is -3.72. The van der Waals surface area contributed by atoms with Gasteiger partial charge in [-0.15, -0.1) is 0 Å². The van der Waals surface area contributed by atoms with Crippen LogP contribution in [0.1, 0.15) is 11.1 Å². The van der Waals surface area contributed by atoms with E-state index in [4.69, 9.17) is 14.2 Å². The summed E-state index contributed by atoms with van der Waals surface area (Å²) in [6.45, 7) is 4.84. The van der Waals surface area contributed by atoms with Gasteiger partial charge in [-0.25, -0.2) is 8.42 Å². The number of hydrogen-bond donors (Lipinski definition) is 1. The van der Waals surface area contributed by atoms with E-state index in [0.29, 0.717) is 30.4 Å². The topological polar surface area (TPSA) is 94.2 Å². The number of carbonyl (C=O) groups is 1. The Kier molecular flexibility index (Phi) is 7.45. The van der Waals surface area contributed by atoms with E-state index < -0.39 is 22.5 Å². The molecule has 0 aliphatic carbocycles. The minimum atomic E-state index is -4.01. The second kappa shape index (κ2) is 10.7. The molecule has 1 heterocycles. The van der Waals surface area contributed by atoms with Crippen molar-refractivity contribution in [1.29, 1.82) is 0 Å². The fourth-order valence-corrected chi connectivity index (χ4v) is 5.22. The first-order valence-electron chi connectivity index (χ1n) is 11.3. The maximum absolute atomic E-state index is 13.5. The van der Waals surface area contributed by atoms with Crippen LogP contribution in [-0.4, -0.2) is 47.2 Å². The van der Waals surface area contributed by atoms with Gasteiger partial charge in [0.2, 0.25) is 5.91 Å². The van der Waals surface area contributed by atoms with Crippen LogP contribution in [0, 0.1) is 13.8 Å². The normalized spacial score (nSPS) is 12.6. The van der Waals surface area contributed by atoms with Gasteiger partial charge in [-0.3, -0.25) is 9.10 Å². The summed E-state index contributed by atoms with van der Waals surface area (Å²) in [5, 5.41) is 2.74. The molecular weight excluding hydrogens is 468 g/mol. The summed E-state index contributed by atoms with van der Waals surface area (Å²) in [5.74, 6) is 1.24. The summed E-state index contributed by atoms with van der Waals surface area (Å²) < 4.78 is 44.9. The van der Waals surface area contributed by atoms with Gasteiger partial charge in [-0.1, -0.05) is 24.3 Å². The molecule has 0 fully saturated rings. The molecule has 0 aromatic heterocycles. The second-order valence-corrected chi connectivity index (χ2v) is 10.0. The quantitative estimate of drug-likeness (QED) is 0.456. The minimum Gasteiger partial charge on any atom is -0.492 e. The zero-order valence-electron chi connectivity index (χ0n) is 19.7. The van der Waals surface area contributed by atoms with Gasteiger partial charge in [0.15, 0.2) is 11.5 Å². The molecule has 35 heavy (non-hydrogen) atoms. The molecule has 0 unspecified atom stereocenters. The molecule has 0 atom stereocenters. The lowest BCUT2D eigenvalue weighted by atomic mass is 10.1. The van der Waals surface area contributed by atoms with Crippen molar-refractivity contribution in [3.63, 3.8) is 0 Å². The highest BCUT2D eigenvalue weighted by Crippen LogP contribution is 2.35. The number of aryl methyl sites for hydroxylation is 2. The van der Waals surface area contributed by atoms with E-state index in [9.17, 15) is 13.2 Å².